The summed E-state index contributed by atoms with van der Waals surface area (Å²) >= 11 is 0. The summed E-state index contributed by atoms with van der Waals surface area (Å²) < 4.78 is 43.1. The number of alkyl halides is 3. The lowest BCUT2D eigenvalue weighted by atomic mass is 10.0. The first-order valence-corrected chi connectivity index (χ1v) is 8.14. The van der Waals surface area contributed by atoms with E-state index in [0.717, 1.165) is 6.07 Å². The van der Waals surface area contributed by atoms with Gasteiger partial charge in [0.25, 0.3) is 0 Å². The van der Waals surface area contributed by atoms with Gasteiger partial charge in [-0.1, -0.05) is 18.2 Å². The average molecular weight is 386 g/mol. The zero-order valence-electron chi connectivity index (χ0n) is 14.5. The highest BCUT2D eigenvalue weighted by Gasteiger charge is 2.34. The van der Waals surface area contributed by atoms with E-state index in [9.17, 15) is 18.0 Å². The molecule has 3 aromatic heterocycles. The predicted molar refractivity (Wildman–Crippen MR) is 94.9 cm³/mol. The molecule has 28 heavy (non-hydrogen) atoms. The van der Waals surface area contributed by atoms with Crippen LogP contribution < -0.4 is 5.43 Å². The van der Waals surface area contributed by atoms with E-state index in [1.165, 1.54) is 40.1 Å². The smallest absolute Gasteiger partial charge is 0.264 e. The minimum Gasteiger partial charge on any atom is -0.264 e. The van der Waals surface area contributed by atoms with Crippen molar-refractivity contribution in [3.8, 4) is 11.3 Å². The summed E-state index contributed by atoms with van der Waals surface area (Å²) in [6.45, 7) is 0. The highest BCUT2D eigenvalue weighted by Crippen LogP contribution is 2.38. The van der Waals surface area contributed by atoms with Gasteiger partial charge in [0.15, 0.2) is 5.65 Å². The Morgan fingerprint density at radius 2 is 1.89 bits per heavy atom. The molecule has 7 nitrogen and oxygen atoms in total. The Hall–Kier alpha value is -3.69. The number of carbonyl (C=O) groups is 1. The second kappa shape index (κ2) is 6.48. The minimum atomic E-state index is -4.56. The molecule has 0 atom stereocenters. The SMILES string of the molecule is Cn1cnc(C(=O)Nn2c(-c3ccccc3C(F)(F)F)cc3cccnc32)n1. The molecule has 0 saturated heterocycles. The van der Waals surface area contributed by atoms with Crippen molar-refractivity contribution in [3.05, 3.63) is 66.4 Å². The maximum absolute atomic E-state index is 13.5. The molecule has 0 bridgehead atoms. The van der Waals surface area contributed by atoms with E-state index in [1.807, 2.05) is 0 Å². The van der Waals surface area contributed by atoms with E-state index in [2.05, 4.69) is 20.5 Å². The van der Waals surface area contributed by atoms with Crippen molar-refractivity contribution in [1.29, 1.82) is 0 Å². The number of benzene rings is 1. The van der Waals surface area contributed by atoms with Crippen LogP contribution in [0.25, 0.3) is 22.3 Å². The molecule has 1 aromatic carbocycles. The molecule has 142 valence electrons. The Balaban J connectivity index is 1.89. The van der Waals surface area contributed by atoms with Crippen LogP contribution in [0.3, 0.4) is 0 Å². The van der Waals surface area contributed by atoms with Crippen LogP contribution in [0, 0.1) is 0 Å². The number of rotatable bonds is 3. The summed E-state index contributed by atoms with van der Waals surface area (Å²) in [6.07, 6.45) is -1.72. The van der Waals surface area contributed by atoms with Crippen molar-refractivity contribution < 1.29 is 18.0 Å². The fourth-order valence-corrected chi connectivity index (χ4v) is 2.89. The number of aromatic nitrogens is 5. The number of halogens is 3. The van der Waals surface area contributed by atoms with Crippen molar-refractivity contribution in [2.75, 3.05) is 5.43 Å². The molecule has 0 fully saturated rings. The van der Waals surface area contributed by atoms with Crippen LogP contribution in [0.5, 0.6) is 0 Å². The number of aryl methyl sites for hydroxylation is 1. The average Bonchev–Trinajstić information content (AvgIpc) is 3.25. The third-order valence-corrected chi connectivity index (χ3v) is 4.09. The lowest BCUT2D eigenvalue weighted by Crippen LogP contribution is -2.25. The first-order chi connectivity index (χ1) is 13.3. The van der Waals surface area contributed by atoms with Gasteiger partial charge in [0.2, 0.25) is 5.82 Å². The fourth-order valence-electron chi connectivity index (χ4n) is 2.89. The lowest BCUT2D eigenvalue weighted by molar-refractivity contribution is -0.137. The van der Waals surface area contributed by atoms with Crippen LogP contribution in [0.1, 0.15) is 16.2 Å². The van der Waals surface area contributed by atoms with Gasteiger partial charge in [0.05, 0.1) is 11.3 Å². The topological polar surface area (TPSA) is 77.6 Å². The van der Waals surface area contributed by atoms with Crippen molar-refractivity contribution in [3.63, 3.8) is 0 Å². The number of nitrogens with one attached hydrogen (secondary N) is 1. The molecule has 1 N–H and O–H groups in total. The largest absolute Gasteiger partial charge is 0.417 e. The number of hydrogen-bond donors (Lipinski definition) is 1. The van der Waals surface area contributed by atoms with E-state index >= 15 is 0 Å². The van der Waals surface area contributed by atoms with Crippen molar-refractivity contribution in [2.24, 2.45) is 7.05 Å². The Labute approximate surface area is 156 Å². The summed E-state index contributed by atoms with van der Waals surface area (Å²) in [5.41, 5.74) is 2.10. The molecular weight excluding hydrogens is 373 g/mol. The number of pyridine rings is 1. The maximum atomic E-state index is 13.5. The molecule has 3 heterocycles. The van der Waals surface area contributed by atoms with Gasteiger partial charge in [-0.25, -0.2) is 14.6 Å². The highest BCUT2D eigenvalue weighted by atomic mass is 19.4. The summed E-state index contributed by atoms with van der Waals surface area (Å²) in [6, 6.07) is 10.1. The number of amides is 1. The van der Waals surface area contributed by atoms with Gasteiger partial charge in [0, 0.05) is 24.2 Å². The third kappa shape index (κ3) is 3.08. The molecule has 0 aliphatic rings. The van der Waals surface area contributed by atoms with Gasteiger partial charge in [-0.3, -0.25) is 14.9 Å². The predicted octanol–water partition coefficient (Wildman–Crippen LogP) is 3.23. The monoisotopic (exact) mass is 386 g/mol. The Bertz CT molecular complexity index is 1180. The molecule has 1 amide bonds. The van der Waals surface area contributed by atoms with Crippen LogP contribution >= 0.6 is 0 Å². The van der Waals surface area contributed by atoms with Gasteiger partial charge in [-0.05, 0) is 24.3 Å². The normalized spacial score (nSPS) is 11.7. The second-order valence-corrected chi connectivity index (χ2v) is 6.01. The van der Waals surface area contributed by atoms with E-state index in [4.69, 9.17) is 0 Å². The zero-order chi connectivity index (χ0) is 19.9. The van der Waals surface area contributed by atoms with Crippen molar-refractivity contribution >= 4 is 16.9 Å². The van der Waals surface area contributed by atoms with Gasteiger partial charge < -0.3 is 0 Å². The molecule has 4 aromatic rings. The summed E-state index contributed by atoms with van der Waals surface area (Å²) in [5.74, 6) is -0.787. The van der Waals surface area contributed by atoms with Crippen LogP contribution in [0.2, 0.25) is 0 Å². The van der Waals surface area contributed by atoms with E-state index in [-0.39, 0.29) is 17.1 Å². The van der Waals surface area contributed by atoms with Crippen LogP contribution in [0.15, 0.2) is 55.0 Å². The fraction of sp³-hybridized carbons (Fsp3) is 0.111. The van der Waals surface area contributed by atoms with Crippen molar-refractivity contribution in [2.45, 2.75) is 6.18 Å². The van der Waals surface area contributed by atoms with Crippen molar-refractivity contribution in [1.82, 2.24) is 24.4 Å². The zero-order valence-corrected chi connectivity index (χ0v) is 14.5. The maximum Gasteiger partial charge on any atom is 0.417 e. The summed E-state index contributed by atoms with van der Waals surface area (Å²) in [7, 11) is 1.60. The van der Waals surface area contributed by atoms with Crippen LogP contribution in [-0.2, 0) is 13.2 Å². The summed E-state index contributed by atoms with van der Waals surface area (Å²) in [5, 5.41) is 4.48. The Kier molecular flexibility index (Phi) is 4.10. The molecule has 0 spiro atoms. The lowest BCUT2D eigenvalue weighted by Gasteiger charge is -2.15. The quantitative estimate of drug-likeness (QED) is 0.586. The Morgan fingerprint density at radius 3 is 2.61 bits per heavy atom. The molecule has 0 aliphatic carbocycles. The van der Waals surface area contributed by atoms with Gasteiger partial charge in [-0.2, -0.15) is 13.2 Å². The molecule has 4 rings (SSSR count). The molecule has 0 radical (unpaired) electrons. The summed E-state index contributed by atoms with van der Waals surface area (Å²) in [4.78, 5) is 20.6. The standard InChI is InChI=1S/C18H13F3N6O/c1-26-10-23-15(24-26)17(28)25-27-14(9-11-5-4-8-22-16(11)27)12-6-2-3-7-13(12)18(19,20)21/h2-10H,1H3,(H,25,28). The second-order valence-electron chi connectivity index (χ2n) is 6.01. The van der Waals surface area contributed by atoms with Crippen LogP contribution in [-0.4, -0.2) is 30.3 Å². The molecule has 10 heteroatoms. The first-order valence-electron chi connectivity index (χ1n) is 8.14. The van der Waals surface area contributed by atoms with Gasteiger partial charge >= 0.3 is 12.1 Å². The molecule has 0 unspecified atom stereocenters. The molecular formula is C18H13F3N6O. The molecule has 0 saturated carbocycles. The minimum absolute atomic E-state index is 0.0812. The number of nitrogens with zero attached hydrogens (tertiary/aromatic N) is 5. The first kappa shape index (κ1) is 17.7. The Morgan fingerprint density at radius 1 is 1.11 bits per heavy atom. The van der Waals surface area contributed by atoms with Gasteiger partial charge in [-0.15, -0.1) is 5.10 Å². The van der Waals surface area contributed by atoms with E-state index < -0.39 is 17.6 Å². The molecule has 0 aliphatic heterocycles. The third-order valence-electron chi connectivity index (χ3n) is 4.09. The number of hydrogen-bond acceptors (Lipinski definition) is 4. The van der Waals surface area contributed by atoms with Gasteiger partial charge in [0.1, 0.15) is 6.33 Å². The number of carbonyl (C=O) groups excluding carboxylic acids is 1. The van der Waals surface area contributed by atoms with E-state index in [0.29, 0.717) is 11.0 Å². The van der Waals surface area contributed by atoms with E-state index in [1.54, 1.807) is 25.2 Å². The van der Waals surface area contributed by atoms with Crippen LogP contribution in [0.4, 0.5) is 13.2 Å². The highest BCUT2D eigenvalue weighted by molar-refractivity contribution is 5.99. The number of fused-ring (bicyclic) bond motifs is 1.